The maximum absolute atomic E-state index is 13.2. The number of rotatable bonds is 8. The highest BCUT2D eigenvalue weighted by atomic mass is 16.5. The van der Waals surface area contributed by atoms with Gasteiger partial charge in [-0.25, -0.2) is 0 Å². The van der Waals surface area contributed by atoms with Gasteiger partial charge >= 0.3 is 0 Å². The Morgan fingerprint density at radius 1 is 0.971 bits per heavy atom. The molecule has 3 rings (SSSR count). The maximum atomic E-state index is 13.2. The summed E-state index contributed by atoms with van der Waals surface area (Å²) in [5, 5.41) is 3.00. The zero-order valence-corrected chi connectivity index (χ0v) is 21.2. The van der Waals surface area contributed by atoms with Crippen molar-refractivity contribution in [2.75, 3.05) is 19.7 Å². The molecule has 7 nitrogen and oxygen atoms in total. The SMILES string of the molecule is CCCCNC(=O)C1CCC(C)N(C(=O)c2ccc(OCC(=O)N3C(C)CCCC3C)cc2)C1. The minimum absolute atomic E-state index is 0.0000447. The molecule has 2 aliphatic rings. The molecule has 34 heavy (non-hydrogen) atoms. The smallest absolute Gasteiger partial charge is 0.260 e. The Bertz CT molecular complexity index is 831. The van der Waals surface area contributed by atoms with Crippen LogP contribution in [-0.2, 0) is 9.59 Å². The van der Waals surface area contributed by atoms with Crippen molar-refractivity contribution in [3.63, 3.8) is 0 Å². The van der Waals surface area contributed by atoms with Crippen LogP contribution in [0.5, 0.6) is 5.75 Å². The number of hydrogen-bond donors (Lipinski definition) is 1. The van der Waals surface area contributed by atoms with Crippen molar-refractivity contribution in [2.24, 2.45) is 5.92 Å². The molecule has 2 aliphatic heterocycles. The van der Waals surface area contributed by atoms with Gasteiger partial charge in [-0.15, -0.1) is 0 Å². The van der Waals surface area contributed by atoms with Crippen molar-refractivity contribution < 1.29 is 19.1 Å². The van der Waals surface area contributed by atoms with E-state index < -0.39 is 0 Å². The quantitative estimate of drug-likeness (QED) is 0.581. The molecule has 2 saturated heterocycles. The Morgan fingerprint density at radius 3 is 2.29 bits per heavy atom. The van der Waals surface area contributed by atoms with Crippen LogP contribution in [0.25, 0.3) is 0 Å². The summed E-state index contributed by atoms with van der Waals surface area (Å²) in [7, 11) is 0. The lowest BCUT2D eigenvalue weighted by Gasteiger charge is -2.39. The van der Waals surface area contributed by atoms with Gasteiger partial charge in [-0.1, -0.05) is 13.3 Å². The summed E-state index contributed by atoms with van der Waals surface area (Å²) in [4.78, 5) is 42.1. The van der Waals surface area contributed by atoms with E-state index in [1.165, 1.54) is 0 Å². The first-order valence-corrected chi connectivity index (χ1v) is 12.9. The predicted octanol–water partition coefficient (Wildman–Crippen LogP) is 4.01. The van der Waals surface area contributed by atoms with Gasteiger partial charge < -0.3 is 19.9 Å². The molecule has 0 aliphatic carbocycles. The largest absolute Gasteiger partial charge is 0.484 e. The number of piperidine rings is 2. The molecular weight excluding hydrogens is 430 g/mol. The van der Waals surface area contributed by atoms with Crippen molar-refractivity contribution in [1.29, 1.82) is 0 Å². The average molecular weight is 472 g/mol. The Hall–Kier alpha value is -2.57. The van der Waals surface area contributed by atoms with E-state index in [0.717, 1.165) is 44.9 Å². The third-order valence-corrected chi connectivity index (χ3v) is 7.29. The molecule has 4 atom stereocenters. The molecule has 2 heterocycles. The van der Waals surface area contributed by atoms with Crippen LogP contribution in [-0.4, -0.2) is 65.3 Å². The summed E-state index contributed by atoms with van der Waals surface area (Å²) >= 11 is 0. The average Bonchev–Trinajstić information content (AvgIpc) is 2.83. The van der Waals surface area contributed by atoms with Crippen LogP contribution in [0.2, 0.25) is 0 Å². The molecule has 3 amide bonds. The highest BCUT2D eigenvalue weighted by Crippen LogP contribution is 2.25. The lowest BCUT2D eigenvalue weighted by atomic mass is 9.92. The van der Waals surface area contributed by atoms with Gasteiger partial charge in [0.1, 0.15) is 5.75 Å². The topological polar surface area (TPSA) is 79.0 Å². The van der Waals surface area contributed by atoms with Gasteiger partial charge in [0.15, 0.2) is 6.61 Å². The summed E-state index contributed by atoms with van der Waals surface area (Å²) < 4.78 is 5.75. The van der Waals surface area contributed by atoms with E-state index in [9.17, 15) is 14.4 Å². The highest BCUT2D eigenvalue weighted by Gasteiger charge is 2.33. The first kappa shape index (κ1) is 26.0. The van der Waals surface area contributed by atoms with Gasteiger partial charge in [-0.05, 0) is 83.6 Å². The summed E-state index contributed by atoms with van der Waals surface area (Å²) in [5.74, 6) is 0.388. The molecule has 7 heteroatoms. The molecule has 0 radical (unpaired) electrons. The minimum Gasteiger partial charge on any atom is -0.484 e. The summed E-state index contributed by atoms with van der Waals surface area (Å²) in [6.07, 6.45) is 6.84. The molecule has 1 aromatic rings. The number of amides is 3. The van der Waals surface area contributed by atoms with E-state index in [0.29, 0.717) is 24.4 Å². The number of carbonyl (C=O) groups is 3. The molecule has 0 aromatic heterocycles. The molecular formula is C27H41N3O4. The van der Waals surface area contributed by atoms with Gasteiger partial charge in [0.05, 0.1) is 5.92 Å². The van der Waals surface area contributed by atoms with Crippen LogP contribution in [0.1, 0.15) is 83.0 Å². The van der Waals surface area contributed by atoms with E-state index in [1.54, 1.807) is 24.3 Å². The van der Waals surface area contributed by atoms with Crippen LogP contribution in [0.3, 0.4) is 0 Å². The number of ether oxygens (including phenoxy) is 1. The summed E-state index contributed by atoms with van der Waals surface area (Å²) in [6.45, 7) is 9.45. The minimum atomic E-state index is -0.162. The maximum Gasteiger partial charge on any atom is 0.260 e. The molecule has 4 unspecified atom stereocenters. The van der Waals surface area contributed by atoms with Gasteiger partial charge in [0.2, 0.25) is 5.91 Å². The van der Waals surface area contributed by atoms with E-state index in [4.69, 9.17) is 4.74 Å². The zero-order chi connectivity index (χ0) is 24.7. The van der Waals surface area contributed by atoms with E-state index in [2.05, 4.69) is 26.1 Å². The lowest BCUT2D eigenvalue weighted by molar-refractivity contribution is -0.139. The molecule has 188 valence electrons. The van der Waals surface area contributed by atoms with Crippen LogP contribution < -0.4 is 10.1 Å². The van der Waals surface area contributed by atoms with Gasteiger partial charge in [-0.2, -0.15) is 0 Å². The van der Waals surface area contributed by atoms with Crippen molar-refractivity contribution in [3.8, 4) is 5.75 Å². The van der Waals surface area contributed by atoms with E-state index in [-0.39, 0.29) is 48.4 Å². The molecule has 1 aromatic carbocycles. The number of hydrogen-bond acceptors (Lipinski definition) is 4. The fourth-order valence-electron chi connectivity index (χ4n) is 5.13. The third kappa shape index (κ3) is 6.51. The molecule has 2 fully saturated rings. The van der Waals surface area contributed by atoms with Crippen LogP contribution in [0.15, 0.2) is 24.3 Å². The number of nitrogens with one attached hydrogen (secondary N) is 1. The van der Waals surface area contributed by atoms with Crippen molar-refractivity contribution >= 4 is 17.7 Å². The van der Waals surface area contributed by atoms with Gasteiger partial charge in [-0.3, -0.25) is 14.4 Å². The zero-order valence-electron chi connectivity index (χ0n) is 21.2. The Balaban J connectivity index is 1.55. The fourth-order valence-corrected chi connectivity index (χ4v) is 5.13. The normalized spacial score (nSPS) is 25.1. The van der Waals surface area contributed by atoms with Crippen LogP contribution >= 0.6 is 0 Å². The van der Waals surface area contributed by atoms with Gasteiger partial charge in [0, 0.05) is 36.8 Å². The molecule has 0 spiro atoms. The van der Waals surface area contributed by atoms with Crippen molar-refractivity contribution in [2.45, 2.75) is 90.8 Å². The first-order chi connectivity index (χ1) is 16.3. The van der Waals surface area contributed by atoms with Gasteiger partial charge in [0.25, 0.3) is 11.8 Å². The van der Waals surface area contributed by atoms with Crippen LogP contribution in [0.4, 0.5) is 0 Å². The second-order valence-corrected chi connectivity index (χ2v) is 9.97. The molecule has 0 saturated carbocycles. The van der Waals surface area contributed by atoms with Crippen LogP contribution in [0, 0.1) is 5.92 Å². The number of carbonyl (C=O) groups excluding carboxylic acids is 3. The Labute approximate surface area is 204 Å². The lowest BCUT2D eigenvalue weighted by Crippen LogP contribution is -2.49. The van der Waals surface area contributed by atoms with Crippen molar-refractivity contribution in [3.05, 3.63) is 29.8 Å². The first-order valence-electron chi connectivity index (χ1n) is 12.9. The number of nitrogens with zero attached hydrogens (tertiary/aromatic N) is 2. The Morgan fingerprint density at radius 2 is 1.65 bits per heavy atom. The number of likely N-dealkylation sites (tertiary alicyclic amines) is 2. The molecule has 0 bridgehead atoms. The van der Waals surface area contributed by atoms with E-state index >= 15 is 0 Å². The predicted molar refractivity (Wildman–Crippen MR) is 133 cm³/mol. The summed E-state index contributed by atoms with van der Waals surface area (Å²) in [5.41, 5.74) is 0.566. The monoisotopic (exact) mass is 471 g/mol. The standard InChI is InChI=1S/C27H41N3O4/c1-5-6-16-28-26(32)23-11-10-19(2)29(17-23)27(33)22-12-14-24(15-13-22)34-18-25(31)30-20(3)8-7-9-21(30)4/h12-15,19-21,23H,5-11,16-18H2,1-4H3,(H,28,32). The third-order valence-electron chi connectivity index (χ3n) is 7.29. The van der Waals surface area contributed by atoms with Crippen molar-refractivity contribution in [1.82, 2.24) is 15.1 Å². The summed E-state index contributed by atoms with van der Waals surface area (Å²) in [6, 6.07) is 7.54. The second-order valence-electron chi connectivity index (χ2n) is 9.97. The number of benzene rings is 1. The Kier molecular flexibility index (Phi) is 9.36. The van der Waals surface area contributed by atoms with E-state index in [1.807, 2.05) is 16.7 Å². The molecule has 1 N–H and O–H groups in total. The second kappa shape index (κ2) is 12.2. The number of unbranched alkanes of at least 4 members (excludes halogenated alkanes) is 1. The highest BCUT2D eigenvalue weighted by molar-refractivity contribution is 5.95. The fraction of sp³-hybridized carbons (Fsp3) is 0.667.